The highest BCUT2D eigenvalue weighted by Crippen LogP contribution is 2.41. The van der Waals surface area contributed by atoms with E-state index in [4.69, 9.17) is 4.74 Å². The number of hydrogen-bond acceptors (Lipinski definition) is 2. The second kappa shape index (κ2) is 7.84. The molecule has 1 saturated carbocycles. The third kappa shape index (κ3) is 4.47. The summed E-state index contributed by atoms with van der Waals surface area (Å²) in [6.07, 6.45) is 5.41. The van der Waals surface area contributed by atoms with Crippen LogP contribution >= 0.6 is 0 Å². The minimum absolute atomic E-state index is 0.574. The van der Waals surface area contributed by atoms with E-state index >= 15 is 0 Å². The molecular formula is C19H31NO. The van der Waals surface area contributed by atoms with Crippen molar-refractivity contribution in [1.82, 2.24) is 5.32 Å². The molecule has 0 heterocycles. The molecule has 1 aromatic carbocycles. The van der Waals surface area contributed by atoms with Crippen LogP contribution in [-0.2, 0) is 0 Å². The summed E-state index contributed by atoms with van der Waals surface area (Å²) in [4.78, 5) is 0. The zero-order chi connectivity index (χ0) is 15.2. The van der Waals surface area contributed by atoms with Gasteiger partial charge >= 0.3 is 0 Å². The Morgan fingerprint density at radius 3 is 2.48 bits per heavy atom. The smallest absolute Gasteiger partial charge is 0.118 e. The van der Waals surface area contributed by atoms with E-state index in [0.717, 1.165) is 24.1 Å². The van der Waals surface area contributed by atoms with E-state index in [1.54, 1.807) is 7.11 Å². The average molecular weight is 289 g/mol. The standard InChI is InChI=1S/C19H31NO/c1-5-15-6-7-17(13-20-14(2)3)19(12-15)16-8-10-18(21-4)11-9-16/h8-11,14-15,17,19-20H,5-7,12-13H2,1-4H3. The minimum Gasteiger partial charge on any atom is -0.497 e. The quantitative estimate of drug-likeness (QED) is 0.826. The molecule has 0 saturated heterocycles. The summed E-state index contributed by atoms with van der Waals surface area (Å²) >= 11 is 0. The molecule has 21 heavy (non-hydrogen) atoms. The van der Waals surface area contributed by atoms with Gasteiger partial charge in [-0.15, -0.1) is 0 Å². The van der Waals surface area contributed by atoms with Crippen LogP contribution in [-0.4, -0.2) is 19.7 Å². The second-order valence-electron chi connectivity index (χ2n) is 6.79. The number of benzene rings is 1. The summed E-state index contributed by atoms with van der Waals surface area (Å²) in [6, 6.07) is 9.33. The number of ether oxygens (including phenoxy) is 1. The Bertz CT molecular complexity index is 412. The van der Waals surface area contributed by atoms with Gasteiger partial charge in [-0.3, -0.25) is 0 Å². The fourth-order valence-corrected chi connectivity index (χ4v) is 3.58. The summed E-state index contributed by atoms with van der Waals surface area (Å²) in [7, 11) is 1.73. The van der Waals surface area contributed by atoms with Gasteiger partial charge in [0.15, 0.2) is 0 Å². The van der Waals surface area contributed by atoms with Crippen LogP contribution in [0.2, 0.25) is 0 Å². The van der Waals surface area contributed by atoms with E-state index in [0.29, 0.717) is 12.0 Å². The summed E-state index contributed by atoms with van der Waals surface area (Å²) < 4.78 is 5.29. The number of nitrogens with one attached hydrogen (secondary N) is 1. The Labute approximate surface area is 130 Å². The van der Waals surface area contributed by atoms with Crippen molar-refractivity contribution in [1.29, 1.82) is 0 Å². The molecule has 1 aliphatic rings. The minimum atomic E-state index is 0.574. The van der Waals surface area contributed by atoms with Gasteiger partial charge in [-0.05, 0) is 54.8 Å². The first-order valence-corrected chi connectivity index (χ1v) is 8.51. The van der Waals surface area contributed by atoms with Crippen LogP contribution in [0.25, 0.3) is 0 Å². The Kier molecular flexibility index (Phi) is 6.10. The number of hydrogen-bond donors (Lipinski definition) is 1. The van der Waals surface area contributed by atoms with Crippen molar-refractivity contribution in [2.75, 3.05) is 13.7 Å². The van der Waals surface area contributed by atoms with E-state index in [9.17, 15) is 0 Å². The SMILES string of the molecule is CCC1CCC(CNC(C)C)C(c2ccc(OC)cc2)C1. The Balaban J connectivity index is 2.11. The van der Waals surface area contributed by atoms with Crippen molar-refractivity contribution in [3.63, 3.8) is 0 Å². The molecule has 3 atom stereocenters. The van der Waals surface area contributed by atoms with Gasteiger partial charge in [-0.2, -0.15) is 0 Å². The molecule has 2 rings (SSSR count). The summed E-state index contributed by atoms with van der Waals surface area (Å²) in [5, 5.41) is 3.65. The predicted molar refractivity (Wildman–Crippen MR) is 90.0 cm³/mol. The van der Waals surface area contributed by atoms with Crippen LogP contribution < -0.4 is 10.1 Å². The average Bonchev–Trinajstić information content (AvgIpc) is 2.52. The highest BCUT2D eigenvalue weighted by Gasteiger charge is 2.30. The van der Waals surface area contributed by atoms with Crippen LogP contribution in [0.1, 0.15) is 57.9 Å². The molecule has 3 unspecified atom stereocenters. The largest absolute Gasteiger partial charge is 0.497 e. The number of methoxy groups -OCH3 is 1. The lowest BCUT2D eigenvalue weighted by atomic mass is 9.70. The molecule has 2 nitrogen and oxygen atoms in total. The first-order chi connectivity index (χ1) is 10.1. The first-order valence-electron chi connectivity index (χ1n) is 8.51. The monoisotopic (exact) mass is 289 g/mol. The summed E-state index contributed by atoms with van der Waals surface area (Å²) in [5.41, 5.74) is 1.49. The Morgan fingerprint density at radius 2 is 1.90 bits per heavy atom. The molecule has 0 bridgehead atoms. The van der Waals surface area contributed by atoms with Crippen molar-refractivity contribution in [3.05, 3.63) is 29.8 Å². The lowest BCUT2D eigenvalue weighted by molar-refractivity contribution is 0.222. The number of rotatable bonds is 6. The van der Waals surface area contributed by atoms with Gasteiger partial charge in [0.2, 0.25) is 0 Å². The summed E-state index contributed by atoms with van der Waals surface area (Å²) in [5.74, 6) is 3.32. The zero-order valence-corrected chi connectivity index (χ0v) is 14.1. The van der Waals surface area contributed by atoms with Crippen LogP contribution in [0.5, 0.6) is 5.75 Å². The molecule has 1 aliphatic carbocycles. The highest BCUT2D eigenvalue weighted by molar-refractivity contribution is 5.30. The van der Waals surface area contributed by atoms with Gasteiger partial charge in [0.1, 0.15) is 5.75 Å². The van der Waals surface area contributed by atoms with E-state index in [-0.39, 0.29) is 0 Å². The molecule has 0 aliphatic heterocycles. The van der Waals surface area contributed by atoms with Crippen LogP contribution in [0.4, 0.5) is 0 Å². The maximum absolute atomic E-state index is 5.29. The van der Waals surface area contributed by atoms with E-state index in [1.165, 1.54) is 31.2 Å². The predicted octanol–water partition coefficient (Wildman–Crippen LogP) is 4.60. The normalized spacial score (nSPS) is 26.0. The van der Waals surface area contributed by atoms with Crippen molar-refractivity contribution >= 4 is 0 Å². The van der Waals surface area contributed by atoms with Crippen LogP contribution in [0.3, 0.4) is 0 Å². The van der Waals surface area contributed by atoms with Crippen LogP contribution in [0, 0.1) is 11.8 Å². The third-order valence-corrected chi connectivity index (χ3v) is 5.01. The maximum Gasteiger partial charge on any atom is 0.118 e. The molecule has 118 valence electrons. The van der Waals surface area contributed by atoms with E-state index in [2.05, 4.69) is 50.4 Å². The molecule has 2 heteroatoms. The lowest BCUT2D eigenvalue weighted by Crippen LogP contribution is -2.35. The van der Waals surface area contributed by atoms with Gasteiger partial charge in [-0.1, -0.05) is 45.7 Å². The summed E-state index contributed by atoms with van der Waals surface area (Å²) in [6.45, 7) is 7.95. The molecule has 1 N–H and O–H groups in total. The van der Waals surface area contributed by atoms with Crippen LogP contribution in [0.15, 0.2) is 24.3 Å². The zero-order valence-electron chi connectivity index (χ0n) is 14.1. The van der Waals surface area contributed by atoms with Gasteiger partial charge < -0.3 is 10.1 Å². The van der Waals surface area contributed by atoms with Gasteiger partial charge in [0, 0.05) is 6.04 Å². The molecule has 0 radical (unpaired) electrons. The molecule has 0 amide bonds. The Morgan fingerprint density at radius 1 is 1.19 bits per heavy atom. The molecule has 0 aromatic heterocycles. The van der Waals surface area contributed by atoms with E-state index in [1.807, 2.05) is 0 Å². The van der Waals surface area contributed by atoms with Gasteiger partial charge in [0.25, 0.3) is 0 Å². The van der Waals surface area contributed by atoms with E-state index < -0.39 is 0 Å². The fraction of sp³-hybridized carbons (Fsp3) is 0.684. The molecule has 1 fully saturated rings. The highest BCUT2D eigenvalue weighted by atomic mass is 16.5. The van der Waals surface area contributed by atoms with Gasteiger partial charge in [-0.25, -0.2) is 0 Å². The molecule has 1 aromatic rings. The first kappa shape index (κ1) is 16.4. The van der Waals surface area contributed by atoms with Gasteiger partial charge in [0.05, 0.1) is 7.11 Å². The second-order valence-corrected chi connectivity index (χ2v) is 6.79. The fourth-order valence-electron chi connectivity index (χ4n) is 3.58. The maximum atomic E-state index is 5.29. The molecule has 0 spiro atoms. The third-order valence-electron chi connectivity index (χ3n) is 5.01. The topological polar surface area (TPSA) is 21.3 Å². The Hall–Kier alpha value is -1.02. The molecular weight excluding hydrogens is 258 g/mol. The van der Waals surface area contributed by atoms with Crippen molar-refractivity contribution < 1.29 is 4.74 Å². The van der Waals surface area contributed by atoms with Crippen molar-refractivity contribution in [2.45, 2.75) is 58.4 Å². The van der Waals surface area contributed by atoms with Crippen molar-refractivity contribution in [3.8, 4) is 5.75 Å². The lowest BCUT2D eigenvalue weighted by Gasteiger charge is -2.37. The van der Waals surface area contributed by atoms with Crippen molar-refractivity contribution in [2.24, 2.45) is 11.8 Å².